The summed E-state index contributed by atoms with van der Waals surface area (Å²) in [6.07, 6.45) is 0. The molecule has 0 saturated carbocycles. The zero-order valence-electron chi connectivity index (χ0n) is 2.84. The Balaban J connectivity index is 0. The second kappa shape index (κ2) is 8.82. The van der Waals surface area contributed by atoms with Crippen molar-refractivity contribution >= 4 is 10.5 Å². The average molecular weight is 127 g/mol. The van der Waals surface area contributed by atoms with Crippen molar-refractivity contribution in [2.75, 3.05) is 0 Å². The Morgan fingerprint density at radius 2 is 2.00 bits per heavy atom. The molecule has 3 radical (unpaired) electrons. The fraction of sp³-hybridized carbons (Fsp3) is 0. The molecule has 0 rings (SSSR count). The van der Waals surface area contributed by atoms with Gasteiger partial charge in [-0.25, -0.2) is 0 Å². The van der Waals surface area contributed by atoms with Crippen LogP contribution in [0.3, 0.4) is 0 Å². The van der Waals surface area contributed by atoms with E-state index in [1.807, 2.05) is 0 Å². The van der Waals surface area contributed by atoms with Gasteiger partial charge in [0.25, 0.3) is 0 Å². The second-order valence-electron chi connectivity index (χ2n) is 0.257. The van der Waals surface area contributed by atoms with Crippen LogP contribution in [0.2, 0.25) is 0 Å². The Morgan fingerprint density at radius 3 is 2.00 bits per heavy atom. The molecule has 0 spiro atoms. The van der Waals surface area contributed by atoms with E-state index in [2.05, 4.69) is 3.35 Å². The molecular formula is CH4O2SiV. The van der Waals surface area contributed by atoms with Gasteiger partial charge in [0.1, 0.15) is 0 Å². The van der Waals surface area contributed by atoms with E-state index in [9.17, 15) is 3.67 Å². The molecule has 0 bridgehead atoms. The van der Waals surface area contributed by atoms with Crippen LogP contribution in [0.5, 0.6) is 0 Å². The van der Waals surface area contributed by atoms with Gasteiger partial charge in [0, 0.05) is 0 Å². The number of rotatable bonds is 1. The van der Waals surface area contributed by atoms with Crippen LogP contribution >= 0.6 is 0 Å². The predicted octanol–water partition coefficient (Wildman–Crippen LogP) is -1.17. The molecule has 0 aliphatic rings. The third kappa shape index (κ3) is 12.3. The van der Waals surface area contributed by atoms with Crippen molar-refractivity contribution in [3.63, 3.8) is 0 Å². The average Bonchev–Trinajstić information content (AvgIpc) is 1.37. The van der Waals surface area contributed by atoms with Gasteiger partial charge in [0.05, 0.1) is 0 Å². The van der Waals surface area contributed by atoms with Crippen molar-refractivity contribution < 1.29 is 23.6 Å². The van der Waals surface area contributed by atoms with E-state index in [-0.39, 0.29) is 7.43 Å². The standard InChI is InChI=1S/CH.H3OSi.O.V/c;1-2;;/h1H;2H3;;/q;-1;;+1. The van der Waals surface area contributed by atoms with Gasteiger partial charge in [0.2, 0.25) is 0 Å². The van der Waals surface area contributed by atoms with Gasteiger partial charge >= 0.3 is 34.1 Å². The van der Waals surface area contributed by atoms with E-state index in [1.54, 1.807) is 0 Å². The molecule has 0 aromatic rings. The summed E-state index contributed by atoms with van der Waals surface area (Å²) in [6.45, 7) is 0. The second-order valence-corrected chi connectivity index (χ2v) is 2.57. The summed E-state index contributed by atoms with van der Waals surface area (Å²) in [6, 6.07) is 0. The predicted molar refractivity (Wildman–Crippen MR) is 16.0 cm³/mol. The van der Waals surface area contributed by atoms with Crippen LogP contribution in [-0.4, -0.2) is 10.5 Å². The van der Waals surface area contributed by atoms with Crippen LogP contribution in [0.1, 0.15) is 0 Å². The molecule has 0 aromatic carbocycles. The Bertz CT molecular complexity index is 23.6. The van der Waals surface area contributed by atoms with Gasteiger partial charge < -0.3 is 0 Å². The molecule has 0 aliphatic heterocycles. The quantitative estimate of drug-likeness (QED) is 0.415. The molecular weight excluding hydrogens is 123 g/mol. The maximum atomic E-state index is 9.20. The van der Waals surface area contributed by atoms with Crippen LogP contribution in [0, 0.1) is 7.43 Å². The monoisotopic (exact) mass is 127 g/mol. The van der Waals surface area contributed by atoms with Crippen LogP contribution < -0.4 is 0 Å². The normalized spacial score (nSPS) is 5.60. The van der Waals surface area contributed by atoms with Gasteiger partial charge in [-0.15, -0.1) is 0 Å². The van der Waals surface area contributed by atoms with E-state index >= 15 is 0 Å². The summed E-state index contributed by atoms with van der Waals surface area (Å²) in [7, 11) is 0.619. The first kappa shape index (κ1) is 9.12. The number of hydrogen-bond acceptors (Lipinski definition) is 2. The topological polar surface area (TPSA) is 26.3 Å². The third-order valence-corrected chi connectivity index (χ3v) is 0.922. The van der Waals surface area contributed by atoms with Crippen LogP contribution in [0.4, 0.5) is 0 Å². The van der Waals surface area contributed by atoms with Gasteiger partial charge in [-0.1, -0.05) is 0 Å². The molecule has 0 fully saturated rings. The fourth-order valence-corrected chi connectivity index (χ4v) is 0. The molecule has 29 valence electrons. The molecule has 2 nitrogen and oxygen atoms in total. The first-order valence-corrected chi connectivity index (χ1v) is 2.73. The van der Waals surface area contributed by atoms with Crippen molar-refractivity contribution in [2.45, 2.75) is 0 Å². The van der Waals surface area contributed by atoms with Gasteiger partial charge in [-0.05, 0) is 7.43 Å². The van der Waals surface area contributed by atoms with Crippen LogP contribution in [0.25, 0.3) is 0 Å². The van der Waals surface area contributed by atoms with E-state index < -0.39 is 16.6 Å². The molecule has 0 heterocycles. The summed E-state index contributed by atoms with van der Waals surface area (Å²) in [5.41, 5.74) is 0. The first-order chi connectivity index (χ1) is 1.91. The summed E-state index contributed by atoms with van der Waals surface area (Å²) >= 11 is -0.973. The zero-order valence-corrected chi connectivity index (χ0v) is 6.24. The molecule has 0 amide bonds. The summed E-state index contributed by atoms with van der Waals surface area (Å²) < 4.78 is 13.4. The minimum absolute atomic E-state index is 0. The molecule has 4 heteroatoms. The Hall–Kier alpha value is 0.561. The van der Waals surface area contributed by atoms with Crippen molar-refractivity contribution in [1.82, 2.24) is 0 Å². The van der Waals surface area contributed by atoms with Crippen molar-refractivity contribution in [3.05, 3.63) is 7.43 Å². The van der Waals surface area contributed by atoms with E-state index in [0.29, 0.717) is 10.5 Å². The summed E-state index contributed by atoms with van der Waals surface area (Å²) in [5, 5.41) is 0. The van der Waals surface area contributed by atoms with E-state index in [0.717, 1.165) is 0 Å². The molecule has 0 saturated heterocycles. The zero-order chi connectivity index (χ0) is 3.41. The molecule has 0 aromatic heterocycles. The van der Waals surface area contributed by atoms with E-state index in [1.165, 1.54) is 0 Å². The molecule has 0 aliphatic carbocycles. The summed E-state index contributed by atoms with van der Waals surface area (Å²) in [4.78, 5) is 0. The van der Waals surface area contributed by atoms with E-state index in [4.69, 9.17) is 0 Å². The molecule has 0 unspecified atom stereocenters. The van der Waals surface area contributed by atoms with Gasteiger partial charge in [-0.2, -0.15) is 0 Å². The van der Waals surface area contributed by atoms with Crippen molar-refractivity contribution in [2.24, 2.45) is 0 Å². The maximum absolute atomic E-state index is 9.20. The third-order valence-electron chi connectivity index (χ3n) is 0.0745. The Morgan fingerprint density at radius 1 is 1.80 bits per heavy atom. The van der Waals surface area contributed by atoms with Crippen LogP contribution in [-0.2, 0) is 23.6 Å². The molecule has 5 heavy (non-hydrogen) atoms. The summed E-state index contributed by atoms with van der Waals surface area (Å²) in [5.74, 6) is 0. The van der Waals surface area contributed by atoms with Crippen LogP contribution in [0.15, 0.2) is 0 Å². The number of hydrogen-bond donors (Lipinski definition) is 0. The van der Waals surface area contributed by atoms with Crippen molar-refractivity contribution in [3.8, 4) is 0 Å². The fourth-order valence-electron chi connectivity index (χ4n) is 0. The SMILES string of the molecule is [CH].[O]=[V][O][SiH3]. The van der Waals surface area contributed by atoms with Crippen molar-refractivity contribution in [1.29, 1.82) is 0 Å². The van der Waals surface area contributed by atoms with Gasteiger partial charge in [-0.3, -0.25) is 0 Å². The molecule has 0 atom stereocenters. The first-order valence-electron chi connectivity index (χ1n) is 0.773. The Labute approximate surface area is 42.1 Å². The Kier molecular flexibility index (Phi) is 16.1. The molecule has 0 N–H and O–H groups in total. The van der Waals surface area contributed by atoms with Gasteiger partial charge in [0.15, 0.2) is 0 Å². The minimum atomic E-state index is -0.973.